The number of unbranched alkanes of at least 4 members (excludes halogenated alkanes) is 1. The molecule has 4 nitrogen and oxygen atoms in total. The molecule has 2 rings (SSSR count). The van der Waals surface area contributed by atoms with Crippen LogP contribution in [0.5, 0.6) is 5.75 Å². The molecule has 2 aromatic rings. The van der Waals surface area contributed by atoms with E-state index in [1.807, 2.05) is 24.3 Å². The predicted molar refractivity (Wildman–Crippen MR) is 77.7 cm³/mol. The topological polar surface area (TPSA) is 54.1 Å². The number of fused-ring (bicyclic) bond motifs is 1. The second kappa shape index (κ2) is 6.38. The minimum atomic E-state index is -0.0262. The second-order valence-electron chi connectivity index (χ2n) is 4.61. The Bertz CT molecular complexity index is 605. The van der Waals surface area contributed by atoms with Crippen molar-refractivity contribution in [3.05, 3.63) is 40.2 Å². The fourth-order valence-electron chi connectivity index (χ4n) is 2.01. The van der Waals surface area contributed by atoms with E-state index in [1.54, 1.807) is 7.11 Å². The maximum atomic E-state index is 11.9. The highest BCUT2D eigenvalue weighted by Crippen LogP contribution is 2.18. The summed E-state index contributed by atoms with van der Waals surface area (Å²) in [6.07, 6.45) is 2.28. The molecule has 102 valence electrons. The lowest BCUT2D eigenvalue weighted by Crippen LogP contribution is -2.21. The normalized spacial score (nSPS) is 10.8. The van der Waals surface area contributed by atoms with Crippen LogP contribution in [0.1, 0.15) is 25.3 Å². The summed E-state index contributed by atoms with van der Waals surface area (Å²) in [5.41, 5.74) is 1.57. The lowest BCUT2D eigenvalue weighted by molar-refractivity contribution is 0.415. The summed E-state index contributed by atoms with van der Waals surface area (Å²) < 4.78 is 5.20. The summed E-state index contributed by atoms with van der Waals surface area (Å²) in [5, 5.41) is 4.28. The summed E-state index contributed by atoms with van der Waals surface area (Å²) in [5.74, 6) is 0.796. The van der Waals surface area contributed by atoms with E-state index in [4.69, 9.17) is 4.74 Å². The third-order valence-corrected chi connectivity index (χ3v) is 3.15. The molecule has 0 aliphatic rings. The van der Waals surface area contributed by atoms with E-state index in [-0.39, 0.29) is 5.56 Å². The SMILES string of the molecule is CCCCNCc1cc2cc(OC)ccc2[nH]c1=O. The largest absolute Gasteiger partial charge is 0.497 e. The Balaban J connectivity index is 2.23. The summed E-state index contributed by atoms with van der Waals surface area (Å²) in [6.45, 7) is 3.69. The minimum absolute atomic E-state index is 0.0262. The Morgan fingerprint density at radius 1 is 1.32 bits per heavy atom. The van der Waals surface area contributed by atoms with E-state index >= 15 is 0 Å². The van der Waals surface area contributed by atoms with Crippen LogP contribution in [-0.2, 0) is 6.54 Å². The van der Waals surface area contributed by atoms with Crippen molar-refractivity contribution in [2.24, 2.45) is 0 Å². The molecule has 0 radical (unpaired) electrons. The second-order valence-corrected chi connectivity index (χ2v) is 4.61. The maximum absolute atomic E-state index is 11.9. The van der Waals surface area contributed by atoms with Gasteiger partial charge in [-0.25, -0.2) is 0 Å². The van der Waals surface area contributed by atoms with Crippen LogP contribution in [0, 0.1) is 0 Å². The molecule has 0 aliphatic heterocycles. The number of H-pyrrole nitrogens is 1. The minimum Gasteiger partial charge on any atom is -0.497 e. The van der Waals surface area contributed by atoms with E-state index in [0.717, 1.165) is 41.6 Å². The smallest absolute Gasteiger partial charge is 0.252 e. The van der Waals surface area contributed by atoms with Crippen molar-refractivity contribution in [3.63, 3.8) is 0 Å². The Kier molecular flexibility index (Phi) is 4.58. The zero-order valence-electron chi connectivity index (χ0n) is 11.5. The average Bonchev–Trinajstić information content (AvgIpc) is 2.43. The van der Waals surface area contributed by atoms with Gasteiger partial charge in [0.1, 0.15) is 5.75 Å². The van der Waals surface area contributed by atoms with Crippen molar-refractivity contribution in [2.45, 2.75) is 26.3 Å². The highest BCUT2D eigenvalue weighted by atomic mass is 16.5. The number of ether oxygens (including phenoxy) is 1. The van der Waals surface area contributed by atoms with Gasteiger partial charge in [-0.2, -0.15) is 0 Å². The summed E-state index contributed by atoms with van der Waals surface area (Å²) in [6, 6.07) is 7.57. The zero-order valence-corrected chi connectivity index (χ0v) is 11.5. The zero-order chi connectivity index (χ0) is 13.7. The van der Waals surface area contributed by atoms with Gasteiger partial charge in [-0.15, -0.1) is 0 Å². The highest BCUT2D eigenvalue weighted by Gasteiger charge is 2.03. The Morgan fingerprint density at radius 2 is 2.16 bits per heavy atom. The van der Waals surface area contributed by atoms with Gasteiger partial charge in [0.15, 0.2) is 0 Å². The first kappa shape index (κ1) is 13.6. The number of pyridine rings is 1. The van der Waals surface area contributed by atoms with Crippen molar-refractivity contribution in [2.75, 3.05) is 13.7 Å². The molecule has 4 heteroatoms. The molecular weight excluding hydrogens is 240 g/mol. The molecule has 0 fully saturated rings. The molecule has 0 aliphatic carbocycles. The van der Waals surface area contributed by atoms with Crippen molar-refractivity contribution in [3.8, 4) is 5.75 Å². The summed E-state index contributed by atoms with van der Waals surface area (Å²) in [4.78, 5) is 14.8. The van der Waals surface area contributed by atoms with Crippen molar-refractivity contribution >= 4 is 10.9 Å². The molecule has 0 unspecified atom stereocenters. The van der Waals surface area contributed by atoms with Crippen LogP contribution in [0.3, 0.4) is 0 Å². The van der Waals surface area contributed by atoms with Crippen LogP contribution >= 0.6 is 0 Å². The van der Waals surface area contributed by atoms with Gasteiger partial charge >= 0.3 is 0 Å². The van der Waals surface area contributed by atoms with E-state index in [9.17, 15) is 4.79 Å². The molecule has 0 saturated carbocycles. The van der Waals surface area contributed by atoms with Gasteiger partial charge in [-0.3, -0.25) is 4.79 Å². The van der Waals surface area contributed by atoms with Crippen molar-refractivity contribution in [1.82, 2.24) is 10.3 Å². The van der Waals surface area contributed by atoms with Crippen LogP contribution < -0.4 is 15.6 Å². The first-order valence-corrected chi connectivity index (χ1v) is 6.65. The fourth-order valence-corrected chi connectivity index (χ4v) is 2.01. The summed E-state index contributed by atoms with van der Waals surface area (Å²) >= 11 is 0. The molecular formula is C15H20N2O2. The van der Waals surface area contributed by atoms with Crippen LogP contribution in [0.25, 0.3) is 10.9 Å². The lowest BCUT2D eigenvalue weighted by Gasteiger charge is -2.06. The predicted octanol–water partition coefficient (Wildman–Crippen LogP) is 2.43. The molecule has 0 saturated heterocycles. The van der Waals surface area contributed by atoms with E-state index in [0.29, 0.717) is 6.54 Å². The molecule has 0 amide bonds. The maximum Gasteiger partial charge on any atom is 0.252 e. The van der Waals surface area contributed by atoms with Gasteiger partial charge in [0, 0.05) is 23.0 Å². The third kappa shape index (κ3) is 3.35. The van der Waals surface area contributed by atoms with E-state index in [2.05, 4.69) is 17.2 Å². The van der Waals surface area contributed by atoms with Crippen LogP contribution in [-0.4, -0.2) is 18.6 Å². The quantitative estimate of drug-likeness (QED) is 0.784. The van der Waals surface area contributed by atoms with Crippen LogP contribution in [0.15, 0.2) is 29.1 Å². The van der Waals surface area contributed by atoms with Gasteiger partial charge in [0.2, 0.25) is 0 Å². The van der Waals surface area contributed by atoms with Crippen LogP contribution in [0.2, 0.25) is 0 Å². The molecule has 2 N–H and O–H groups in total. The molecule has 1 aromatic heterocycles. The van der Waals surface area contributed by atoms with Gasteiger partial charge in [-0.05, 0) is 37.2 Å². The van der Waals surface area contributed by atoms with Gasteiger partial charge in [0.25, 0.3) is 5.56 Å². The molecule has 0 bridgehead atoms. The van der Waals surface area contributed by atoms with Gasteiger partial charge < -0.3 is 15.0 Å². The van der Waals surface area contributed by atoms with Gasteiger partial charge in [0.05, 0.1) is 7.11 Å². The first-order chi connectivity index (χ1) is 9.24. The Hall–Kier alpha value is -1.81. The molecule has 1 aromatic carbocycles. The van der Waals surface area contributed by atoms with E-state index < -0.39 is 0 Å². The third-order valence-electron chi connectivity index (χ3n) is 3.15. The number of nitrogens with one attached hydrogen (secondary N) is 2. The number of methoxy groups -OCH3 is 1. The Labute approximate surface area is 112 Å². The molecule has 0 atom stereocenters. The summed E-state index contributed by atoms with van der Waals surface area (Å²) in [7, 11) is 1.64. The number of aromatic amines is 1. The van der Waals surface area contributed by atoms with Crippen LogP contribution in [0.4, 0.5) is 0 Å². The fraction of sp³-hybridized carbons (Fsp3) is 0.400. The number of hydrogen-bond donors (Lipinski definition) is 2. The number of rotatable bonds is 6. The Morgan fingerprint density at radius 3 is 2.89 bits per heavy atom. The van der Waals surface area contributed by atoms with E-state index in [1.165, 1.54) is 0 Å². The monoisotopic (exact) mass is 260 g/mol. The number of benzene rings is 1. The molecule has 19 heavy (non-hydrogen) atoms. The number of aromatic nitrogens is 1. The van der Waals surface area contributed by atoms with Crippen molar-refractivity contribution in [1.29, 1.82) is 0 Å². The lowest BCUT2D eigenvalue weighted by atomic mass is 10.1. The number of hydrogen-bond acceptors (Lipinski definition) is 3. The first-order valence-electron chi connectivity index (χ1n) is 6.65. The average molecular weight is 260 g/mol. The van der Waals surface area contributed by atoms with Gasteiger partial charge in [-0.1, -0.05) is 13.3 Å². The highest BCUT2D eigenvalue weighted by molar-refractivity contribution is 5.80. The molecule has 0 spiro atoms. The molecule has 1 heterocycles. The van der Waals surface area contributed by atoms with Crippen molar-refractivity contribution < 1.29 is 4.74 Å². The standard InChI is InChI=1S/C15H20N2O2/c1-3-4-7-16-10-12-8-11-9-13(19-2)5-6-14(11)17-15(12)18/h5-6,8-9,16H,3-4,7,10H2,1-2H3,(H,17,18).